The average molecular weight is 337 g/mol. The predicted octanol–water partition coefficient (Wildman–Crippen LogP) is 4.97. The zero-order valence-electron chi connectivity index (χ0n) is 15.8. The lowest BCUT2D eigenvalue weighted by Gasteiger charge is -2.21. The normalized spacial score (nSPS) is 15.6. The maximum absolute atomic E-state index is 13.0. The number of hydrogen-bond acceptors (Lipinski definition) is 2. The lowest BCUT2D eigenvalue weighted by molar-refractivity contribution is -0.118. The van der Waals surface area contributed by atoms with Crippen LogP contribution in [0.4, 0.5) is 5.69 Å². The van der Waals surface area contributed by atoms with E-state index in [1.54, 1.807) is 7.11 Å². The summed E-state index contributed by atoms with van der Waals surface area (Å²) in [4.78, 5) is 13.0. The molecule has 25 heavy (non-hydrogen) atoms. The van der Waals surface area contributed by atoms with Gasteiger partial charge in [0, 0.05) is 0 Å². The monoisotopic (exact) mass is 337 g/mol. The molecule has 0 aliphatic heterocycles. The van der Waals surface area contributed by atoms with Crippen molar-refractivity contribution in [3.63, 3.8) is 0 Å². The second-order valence-electron chi connectivity index (χ2n) is 8.07. The number of anilines is 1. The van der Waals surface area contributed by atoms with Crippen LogP contribution in [0.5, 0.6) is 5.75 Å². The summed E-state index contributed by atoms with van der Waals surface area (Å²) in [5.41, 5.74) is 3.94. The number of ether oxygens (including phenoxy) is 1. The third-order valence-corrected chi connectivity index (χ3v) is 5.09. The fourth-order valence-electron chi connectivity index (χ4n) is 3.22. The maximum atomic E-state index is 13.0. The molecule has 0 spiro atoms. The van der Waals surface area contributed by atoms with E-state index in [9.17, 15) is 4.79 Å². The zero-order valence-corrected chi connectivity index (χ0v) is 15.8. The van der Waals surface area contributed by atoms with Crippen LogP contribution in [0.1, 0.15) is 50.3 Å². The number of amides is 1. The fourth-order valence-corrected chi connectivity index (χ4v) is 3.22. The number of nitrogens with one attached hydrogen (secondary N) is 1. The van der Waals surface area contributed by atoms with Gasteiger partial charge >= 0.3 is 0 Å². The molecule has 1 aliphatic rings. The molecule has 1 fully saturated rings. The first kappa shape index (κ1) is 17.5. The Bertz CT molecular complexity index is 781. The Hall–Kier alpha value is -2.29. The van der Waals surface area contributed by atoms with Crippen molar-refractivity contribution in [2.45, 2.75) is 51.4 Å². The summed E-state index contributed by atoms with van der Waals surface area (Å²) in [6, 6.07) is 14.3. The minimum absolute atomic E-state index is 0.0555. The van der Waals surface area contributed by atoms with Crippen molar-refractivity contribution in [3.05, 3.63) is 59.2 Å². The topological polar surface area (TPSA) is 38.3 Å². The Balaban J connectivity index is 1.84. The van der Waals surface area contributed by atoms with Crippen molar-refractivity contribution in [3.8, 4) is 5.75 Å². The summed E-state index contributed by atoms with van der Waals surface area (Å²) in [7, 11) is 1.62. The minimum atomic E-state index is -0.398. The third-order valence-electron chi connectivity index (χ3n) is 5.09. The Kier molecular flexibility index (Phi) is 4.36. The van der Waals surface area contributed by atoms with Gasteiger partial charge in [0.1, 0.15) is 5.75 Å². The molecular formula is C22H27NO2. The molecule has 1 aliphatic carbocycles. The molecule has 0 saturated heterocycles. The molecule has 3 nitrogen and oxygen atoms in total. The van der Waals surface area contributed by atoms with Gasteiger partial charge in [-0.15, -0.1) is 0 Å². The Morgan fingerprint density at radius 3 is 2.24 bits per heavy atom. The predicted molar refractivity (Wildman–Crippen MR) is 102 cm³/mol. The Morgan fingerprint density at radius 2 is 1.72 bits per heavy atom. The number of hydrogen-bond donors (Lipinski definition) is 1. The van der Waals surface area contributed by atoms with Crippen LogP contribution in [0.15, 0.2) is 42.5 Å². The van der Waals surface area contributed by atoms with E-state index < -0.39 is 5.41 Å². The molecule has 1 N–H and O–H groups in total. The van der Waals surface area contributed by atoms with Crippen LogP contribution in [0.25, 0.3) is 0 Å². The molecule has 0 bridgehead atoms. The second-order valence-corrected chi connectivity index (χ2v) is 8.07. The molecule has 0 aromatic heterocycles. The van der Waals surface area contributed by atoms with Crippen LogP contribution in [0.2, 0.25) is 0 Å². The van der Waals surface area contributed by atoms with E-state index in [0.717, 1.165) is 29.7 Å². The minimum Gasteiger partial charge on any atom is -0.495 e. The fraction of sp³-hybridized carbons (Fsp3) is 0.409. The van der Waals surface area contributed by atoms with E-state index in [4.69, 9.17) is 4.74 Å². The summed E-state index contributed by atoms with van der Waals surface area (Å²) < 4.78 is 5.38. The van der Waals surface area contributed by atoms with E-state index in [1.165, 1.54) is 5.56 Å². The molecule has 2 aromatic carbocycles. The van der Waals surface area contributed by atoms with E-state index >= 15 is 0 Å². The third kappa shape index (κ3) is 3.41. The van der Waals surface area contributed by atoms with Gasteiger partial charge in [-0.1, -0.05) is 51.1 Å². The molecular weight excluding hydrogens is 310 g/mol. The lowest BCUT2D eigenvalue weighted by Crippen LogP contribution is -2.28. The van der Waals surface area contributed by atoms with Crippen molar-refractivity contribution in [2.24, 2.45) is 0 Å². The largest absolute Gasteiger partial charge is 0.495 e. The van der Waals surface area contributed by atoms with Gasteiger partial charge in [0.15, 0.2) is 0 Å². The number of rotatable bonds is 4. The van der Waals surface area contributed by atoms with Gasteiger partial charge in [-0.25, -0.2) is 0 Å². The quantitative estimate of drug-likeness (QED) is 0.855. The molecule has 1 amide bonds. The summed E-state index contributed by atoms with van der Waals surface area (Å²) in [6.07, 6.45) is 1.78. The number of carbonyl (C=O) groups is 1. The first-order chi connectivity index (χ1) is 11.8. The number of methoxy groups -OCH3 is 1. The maximum Gasteiger partial charge on any atom is 0.235 e. The van der Waals surface area contributed by atoms with Gasteiger partial charge < -0.3 is 10.1 Å². The smallest absolute Gasteiger partial charge is 0.235 e. The first-order valence-electron chi connectivity index (χ1n) is 8.83. The van der Waals surface area contributed by atoms with Crippen molar-refractivity contribution >= 4 is 11.6 Å². The molecule has 0 radical (unpaired) electrons. The van der Waals surface area contributed by atoms with Gasteiger partial charge in [0.25, 0.3) is 0 Å². The summed E-state index contributed by atoms with van der Waals surface area (Å²) in [5, 5.41) is 3.08. The van der Waals surface area contributed by atoms with E-state index in [1.807, 2.05) is 25.1 Å². The van der Waals surface area contributed by atoms with E-state index in [-0.39, 0.29) is 11.3 Å². The molecule has 1 saturated carbocycles. The summed E-state index contributed by atoms with van der Waals surface area (Å²) in [5.74, 6) is 0.748. The van der Waals surface area contributed by atoms with Crippen molar-refractivity contribution in [1.29, 1.82) is 0 Å². The lowest BCUT2D eigenvalue weighted by atomic mass is 9.85. The molecule has 2 aromatic rings. The SMILES string of the molecule is COc1ccc(C)cc1NC(=O)C1(c2ccc(C(C)(C)C)cc2)CC1. The van der Waals surface area contributed by atoms with Crippen LogP contribution in [-0.4, -0.2) is 13.0 Å². The molecule has 0 heterocycles. The van der Waals surface area contributed by atoms with Crippen molar-refractivity contribution < 1.29 is 9.53 Å². The van der Waals surface area contributed by atoms with Crippen LogP contribution in [0, 0.1) is 6.92 Å². The number of aryl methyl sites for hydroxylation is 1. The van der Waals surface area contributed by atoms with Gasteiger partial charge in [0.05, 0.1) is 18.2 Å². The van der Waals surface area contributed by atoms with Crippen molar-refractivity contribution in [2.75, 3.05) is 12.4 Å². The van der Waals surface area contributed by atoms with Gasteiger partial charge in [0.2, 0.25) is 5.91 Å². The molecule has 3 heteroatoms. The standard InChI is InChI=1S/C22H27NO2/c1-15-6-11-19(25-5)18(14-15)23-20(24)22(12-13-22)17-9-7-16(8-10-17)21(2,3)4/h6-11,14H,12-13H2,1-5H3,(H,23,24). The molecule has 132 valence electrons. The van der Waals surface area contributed by atoms with Crippen LogP contribution < -0.4 is 10.1 Å². The van der Waals surface area contributed by atoms with Crippen LogP contribution >= 0.6 is 0 Å². The van der Waals surface area contributed by atoms with Gasteiger partial charge in [-0.2, -0.15) is 0 Å². The Labute approximate surface area is 150 Å². The average Bonchev–Trinajstić information content (AvgIpc) is 3.36. The molecule has 3 rings (SSSR count). The van der Waals surface area contributed by atoms with Crippen LogP contribution in [-0.2, 0) is 15.6 Å². The molecule has 0 atom stereocenters. The van der Waals surface area contributed by atoms with Crippen LogP contribution in [0.3, 0.4) is 0 Å². The highest BCUT2D eigenvalue weighted by Crippen LogP contribution is 2.49. The highest BCUT2D eigenvalue weighted by molar-refractivity contribution is 6.02. The number of carbonyl (C=O) groups excluding carboxylic acids is 1. The second kappa shape index (κ2) is 6.21. The summed E-state index contributed by atoms with van der Waals surface area (Å²) >= 11 is 0. The van der Waals surface area contributed by atoms with Crippen molar-refractivity contribution in [1.82, 2.24) is 0 Å². The number of benzene rings is 2. The highest BCUT2D eigenvalue weighted by atomic mass is 16.5. The van der Waals surface area contributed by atoms with Gasteiger partial charge in [-0.3, -0.25) is 4.79 Å². The zero-order chi connectivity index (χ0) is 18.2. The summed E-state index contributed by atoms with van der Waals surface area (Å²) in [6.45, 7) is 8.61. The highest BCUT2D eigenvalue weighted by Gasteiger charge is 2.51. The van der Waals surface area contributed by atoms with E-state index in [0.29, 0.717) is 5.75 Å². The van der Waals surface area contributed by atoms with E-state index in [2.05, 4.69) is 50.4 Å². The first-order valence-corrected chi connectivity index (χ1v) is 8.83. The van der Waals surface area contributed by atoms with Gasteiger partial charge in [-0.05, 0) is 54.0 Å². The Morgan fingerprint density at radius 1 is 1.08 bits per heavy atom. The molecule has 0 unspecified atom stereocenters.